The van der Waals surface area contributed by atoms with E-state index in [9.17, 15) is 18.3 Å². The van der Waals surface area contributed by atoms with Gasteiger partial charge in [0.25, 0.3) is 0 Å². The molecular weight excluding hydrogens is 415 g/mol. The summed E-state index contributed by atoms with van der Waals surface area (Å²) in [5, 5.41) is 9.66. The molecule has 1 aromatic heterocycles. The molecule has 1 N–H and O–H groups in total. The van der Waals surface area contributed by atoms with Crippen molar-refractivity contribution >= 4 is 0 Å². The van der Waals surface area contributed by atoms with Gasteiger partial charge in [0.2, 0.25) is 0 Å². The molecule has 7 heteroatoms. The van der Waals surface area contributed by atoms with Gasteiger partial charge in [-0.1, -0.05) is 26.0 Å². The summed E-state index contributed by atoms with van der Waals surface area (Å²) in [6, 6.07) is 12.5. The molecule has 1 aliphatic rings. The number of phenolic OH excluding ortho intramolecular Hbond substituents is 1. The van der Waals surface area contributed by atoms with E-state index in [1.54, 1.807) is 24.3 Å². The number of benzene rings is 2. The molecule has 0 aliphatic carbocycles. The normalized spacial score (nSPS) is 14.9. The molecule has 0 radical (unpaired) electrons. The van der Waals surface area contributed by atoms with E-state index in [-0.39, 0.29) is 11.7 Å². The predicted octanol–water partition coefficient (Wildman–Crippen LogP) is 5.59. The number of halogens is 3. The third-order valence-corrected chi connectivity index (χ3v) is 5.80. The highest BCUT2D eigenvalue weighted by atomic mass is 19.4. The minimum absolute atomic E-state index is 0.183. The summed E-state index contributed by atoms with van der Waals surface area (Å²) in [5.41, 5.74) is 4.21. The molecule has 0 saturated heterocycles. The smallest absolute Gasteiger partial charge is 0.416 e. The number of phenols is 1. The van der Waals surface area contributed by atoms with Crippen LogP contribution >= 0.6 is 0 Å². The van der Waals surface area contributed by atoms with Crippen LogP contribution in [-0.2, 0) is 25.6 Å². The average molecular weight is 441 g/mol. The molecule has 1 aliphatic heterocycles. The van der Waals surface area contributed by atoms with Crippen LogP contribution in [0.4, 0.5) is 13.2 Å². The third-order valence-electron chi connectivity index (χ3n) is 5.80. The Morgan fingerprint density at radius 1 is 0.938 bits per heavy atom. The molecule has 0 atom stereocenters. The molecular formula is C25H26F3N3O. The van der Waals surface area contributed by atoms with E-state index in [2.05, 4.69) is 18.7 Å². The molecule has 0 bridgehead atoms. The van der Waals surface area contributed by atoms with Gasteiger partial charge in [0.05, 0.1) is 11.3 Å². The molecule has 0 saturated carbocycles. The van der Waals surface area contributed by atoms with Crippen LogP contribution in [0, 0.1) is 0 Å². The van der Waals surface area contributed by atoms with Gasteiger partial charge in [0, 0.05) is 48.8 Å². The van der Waals surface area contributed by atoms with Gasteiger partial charge < -0.3 is 5.11 Å². The Labute approximate surface area is 185 Å². The van der Waals surface area contributed by atoms with E-state index in [4.69, 9.17) is 9.97 Å². The van der Waals surface area contributed by atoms with Gasteiger partial charge in [-0.3, -0.25) is 4.90 Å². The first-order valence-corrected chi connectivity index (χ1v) is 10.8. The first kappa shape index (κ1) is 22.3. The molecule has 0 amide bonds. The van der Waals surface area contributed by atoms with Gasteiger partial charge in [0.15, 0.2) is 0 Å². The van der Waals surface area contributed by atoms with Crippen molar-refractivity contribution in [2.75, 3.05) is 13.1 Å². The second kappa shape index (κ2) is 8.90. The zero-order valence-electron chi connectivity index (χ0n) is 18.2. The number of fused-ring (bicyclic) bond motifs is 1. The number of hydrogen-bond donors (Lipinski definition) is 1. The number of alkyl halides is 3. The SMILES string of the molecule is CC(C)c1nc2c(c(-c3ccc(O)cc3)n1)CCN(Cc1ccc(C(F)(F)F)cc1)CC2. The molecule has 168 valence electrons. The van der Waals surface area contributed by atoms with Crippen LogP contribution < -0.4 is 0 Å². The standard InChI is InChI=1S/C25H26F3N3O/c1-16(2)24-29-22-12-14-31(15-17-3-7-19(8-4-17)25(26,27)28)13-11-21(22)23(30-24)18-5-9-20(32)10-6-18/h3-10,16,32H,11-15H2,1-2H3. The Balaban J connectivity index is 1.58. The summed E-state index contributed by atoms with van der Waals surface area (Å²) in [4.78, 5) is 11.9. The van der Waals surface area contributed by atoms with Gasteiger partial charge in [-0.25, -0.2) is 9.97 Å². The molecule has 0 spiro atoms. The lowest BCUT2D eigenvalue weighted by molar-refractivity contribution is -0.137. The number of hydrogen-bond acceptors (Lipinski definition) is 4. The predicted molar refractivity (Wildman–Crippen MR) is 117 cm³/mol. The largest absolute Gasteiger partial charge is 0.508 e. The topological polar surface area (TPSA) is 49.3 Å². The lowest BCUT2D eigenvalue weighted by Crippen LogP contribution is -2.26. The van der Waals surface area contributed by atoms with Crippen molar-refractivity contribution < 1.29 is 18.3 Å². The minimum Gasteiger partial charge on any atom is -0.508 e. The second-order valence-electron chi connectivity index (χ2n) is 8.53. The number of aromatic nitrogens is 2. The van der Waals surface area contributed by atoms with Crippen LogP contribution in [0.5, 0.6) is 5.75 Å². The first-order chi connectivity index (χ1) is 15.2. The van der Waals surface area contributed by atoms with Crippen LogP contribution in [-0.4, -0.2) is 33.1 Å². The number of rotatable bonds is 4. The summed E-state index contributed by atoms with van der Waals surface area (Å²) in [5.74, 6) is 1.19. The Morgan fingerprint density at radius 2 is 1.59 bits per heavy atom. The Bertz CT molecular complexity index is 1080. The number of aromatic hydroxyl groups is 1. The molecule has 32 heavy (non-hydrogen) atoms. The van der Waals surface area contributed by atoms with E-state index in [1.807, 2.05) is 12.1 Å². The fraction of sp³-hybridized carbons (Fsp3) is 0.360. The fourth-order valence-electron chi connectivity index (χ4n) is 4.00. The summed E-state index contributed by atoms with van der Waals surface area (Å²) < 4.78 is 38.5. The van der Waals surface area contributed by atoms with Gasteiger partial charge >= 0.3 is 6.18 Å². The highest BCUT2D eigenvalue weighted by molar-refractivity contribution is 5.65. The van der Waals surface area contributed by atoms with Crippen LogP contribution in [0.1, 0.15) is 48.0 Å². The average Bonchev–Trinajstić information content (AvgIpc) is 2.96. The molecule has 3 aromatic rings. The lowest BCUT2D eigenvalue weighted by atomic mass is 10.00. The van der Waals surface area contributed by atoms with Crippen molar-refractivity contribution in [3.05, 3.63) is 76.7 Å². The Hall–Kier alpha value is -2.93. The van der Waals surface area contributed by atoms with Crippen LogP contribution in [0.2, 0.25) is 0 Å². The summed E-state index contributed by atoms with van der Waals surface area (Å²) in [7, 11) is 0. The summed E-state index contributed by atoms with van der Waals surface area (Å²) in [6.45, 7) is 6.26. The van der Waals surface area contributed by atoms with E-state index in [0.717, 1.165) is 72.0 Å². The fourth-order valence-corrected chi connectivity index (χ4v) is 4.00. The highest BCUT2D eigenvalue weighted by Gasteiger charge is 2.30. The first-order valence-electron chi connectivity index (χ1n) is 10.8. The highest BCUT2D eigenvalue weighted by Crippen LogP contribution is 2.31. The molecule has 2 heterocycles. The van der Waals surface area contributed by atoms with E-state index in [1.165, 1.54) is 0 Å². The lowest BCUT2D eigenvalue weighted by Gasteiger charge is -2.20. The van der Waals surface area contributed by atoms with Crippen molar-refractivity contribution in [2.24, 2.45) is 0 Å². The molecule has 2 aromatic carbocycles. The summed E-state index contributed by atoms with van der Waals surface area (Å²) in [6.07, 6.45) is -2.81. The zero-order valence-corrected chi connectivity index (χ0v) is 18.2. The summed E-state index contributed by atoms with van der Waals surface area (Å²) >= 11 is 0. The quantitative estimate of drug-likeness (QED) is 0.573. The van der Waals surface area contributed by atoms with Crippen LogP contribution in [0.25, 0.3) is 11.3 Å². The Morgan fingerprint density at radius 3 is 2.22 bits per heavy atom. The van der Waals surface area contributed by atoms with Crippen molar-refractivity contribution in [1.29, 1.82) is 0 Å². The van der Waals surface area contributed by atoms with Crippen LogP contribution in [0.3, 0.4) is 0 Å². The van der Waals surface area contributed by atoms with E-state index >= 15 is 0 Å². The van der Waals surface area contributed by atoms with Crippen molar-refractivity contribution in [3.63, 3.8) is 0 Å². The zero-order chi connectivity index (χ0) is 22.9. The molecule has 0 unspecified atom stereocenters. The van der Waals surface area contributed by atoms with E-state index < -0.39 is 11.7 Å². The minimum atomic E-state index is -4.32. The molecule has 4 nitrogen and oxygen atoms in total. The van der Waals surface area contributed by atoms with Gasteiger partial charge in [-0.05, 0) is 48.4 Å². The molecule has 4 rings (SSSR count). The monoisotopic (exact) mass is 441 g/mol. The van der Waals surface area contributed by atoms with E-state index in [0.29, 0.717) is 6.54 Å². The van der Waals surface area contributed by atoms with Gasteiger partial charge in [0.1, 0.15) is 11.6 Å². The third kappa shape index (κ3) is 4.93. The van der Waals surface area contributed by atoms with Crippen LogP contribution in [0.15, 0.2) is 48.5 Å². The maximum absolute atomic E-state index is 12.8. The second-order valence-corrected chi connectivity index (χ2v) is 8.53. The maximum atomic E-state index is 12.8. The Kier molecular flexibility index (Phi) is 6.20. The maximum Gasteiger partial charge on any atom is 0.416 e. The number of nitrogens with zero attached hydrogens (tertiary/aromatic N) is 3. The van der Waals surface area contributed by atoms with Crippen molar-refractivity contribution in [2.45, 2.75) is 45.3 Å². The van der Waals surface area contributed by atoms with Crippen molar-refractivity contribution in [1.82, 2.24) is 14.9 Å². The van der Waals surface area contributed by atoms with Gasteiger partial charge in [-0.2, -0.15) is 13.2 Å². The van der Waals surface area contributed by atoms with Gasteiger partial charge in [-0.15, -0.1) is 0 Å². The molecule has 0 fully saturated rings. The van der Waals surface area contributed by atoms with Crippen molar-refractivity contribution in [3.8, 4) is 17.0 Å².